The fourth-order valence-electron chi connectivity index (χ4n) is 2.02. The highest BCUT2D eigenvalue weighted by molar-refractivity contribution is 5.88. The Morgan fingerprint density at radius 2 is 2.44 bits per heavy atom. The Bertz CT molecular complexity index is 425. The van der Waals surface area contributed by atoms with Crippen molar-refractivity contribution in [3.63, 3.8) is 0 Å². The van der Waals surface area contributed by atoms with Crippen molar-refractivity contribution in [2.24, 2.45) is 0 Å². The summed E-state index contributed by atoms with van der Waals surface area (Å²) in [5, 5.41) is 21.3. The van der Waals surface area contributed by atoms with Crippen molar-refractivity contribution >= 4 is 11.8 Å². The van der Waals surface area contributed by atoms with E-state index in [1.807, 2.05) is 0 Å². The number of β-amino-alcohol motifs (C(OH)–C–C–N with tert-alkyl or cyclic N) is 1. The summed E-state index contributed by atoms with van der Waals surface area (Å²) in [6, 6.07) is 2.98. The molecule has 1 aliphatic heterocycles. The molecule has 2 rings (SSSR count). The molecule has 1 saturated heterocycles. The summed E-state index contributed by atoms with van der Waals surface area (Å²) in [6.45, 7) is 3.12. The van der Waals surface area contributed by atoms with Crippen LogP contribution in [-0.4, -0.2) is 58.3 Å². The third-order valence-corrected chi connectivity index (χ3v) is 2.99. The van der Waals surface area contributed by atoms with Gasteiger partial charge in [-0.15, -0.1) is 0 Å². The number of aliphatic hydroxyl groups is 1. The summed E-state index contributed by atoms with van der Waals surface area (Å²) in [5.41, 5.74) is 0.226. The molecule has 1 atom stereocenters. The topological polar surface area (TPSA) is 85.7 Å². The SMILES string of the molecule is O=C(O)c1ccnc(NCCN2CC[C@@H](O)C2)c1. The largest absolute Gasteiger partial charge is 0.478 e. The summed E-state index contributed by atoms with van der Waals surface area (Å²) in [6.07, 6.45) is 2.09. The van der Waals surface area contributed by atoms with Crippen LogP contribution in [0, 0.1) is 0 Å². The molecule has 98 valence electrons. The van der Waals surface area contributed by atoms with Crippen molar-refractivity contribution < 1.29 is 15.0 Å². The standard InChI is InChI=1S/C12H17N3O3/c16-10-2-5-15(8-10)6-4-14-11-7-9(12(17)18)1-3-13-11/h1,3,7,10,16H,2,4-6,8H2,(H,13,14)(H,17,18)/t10-/m1/s1. The van der Waals surface area contributed by atoms with Crippen LogP contribution in [-0.2, 0) is 0 Å². The van der Waals surface area contributed by atoms with Gasteiger partial charge in [0.05, 0.1) is 11.7 Å². The predicted octanol–water partition coefficient (Wildman–Crippen LogP) is 0.258. The van der Waals surface area contributed by atoms with Crippen molar-refractivity contribution in [1.82, 2.24) is 9.88 Å². The van der Waals surface area contributed by atoms with E-state index in [9.17, 15) is 9.90 Å². The number of nitrogens with one attached hydrogen (secondary N) is 1. The van der Waals surface area contributed by atoms with Crippen molar-refractivity contribution in [1.29, 1.82) is 0 Å². The lowest BCUT2D eigenvalue weighted by molar-refractivity contribution is 0.0697. The van der Waals surface area contributed by atoms with Crippen LogP contribution in [0.1, 0.15) is 16.8 Å². The van der Waals surface area contributed by atoms with E-state index >= 15 is 0 Å². The van der Waals surface area contributed by atoms with Crippen LogP contribution < -0.4 is 5.32 Å². The van der Waals surface area contributed by atoms with Gasteiger partial charge < -0.3 is 15.5 Å². The van der Waals surface area contributed by atoms with Gasteiger partial charge in [-0.3, -0.25) is 4.90 Å². The second-order valence-corrected chi connectivity index (χ2v) is 4.40. The number of pyridine rings is 1. The number of anilines is 1. The molecule has 0 saturated carbocycles. The Labute approximate surface area is 105 Å². The summed E-state index contributed by atoms with van der Waals surface area (Å²) in [4.78, 5) is 17.0. The fourth-order valence-corrected chi connectivity index (χ4v) is 2.02. The molecule has 0 aromatic carbocycles. The molecule has 1 aromatic rings. The highest BCUT2D eigenvalue weighted by Crippen LogP contribution is 2.09. The first kappa shape index (κ1) is 12.8. The van der Waals surface area contributed by atoms with E-state index in [0.29, 0.717) is 18.9 Å². The van der Waals surface area contributed by atoms with Gasteiger partial charge >= 0.3 is 5.97 Å². The van der Waals surface area contributed by atoms with Gasteiger partial charge in [-0.1, -0.05) is 0 Å². The first-order chi connectivity index (χ1) is 8.65. The molecule has 0 aliphatic carbocycles. The summed E-state index contributed by atoms with van der Waals surface area (Å²) >= 11 is 0. The highest BCUT2D eigenvalue weighted by atomic mass is 16.4. The maximum atomic E-state index is 10.8. The van der Waals surface area contributed by atoms with Gasteiger partial charge in [-0.2, -0.15) is 0 Å². The average molecular weight is 251 g/mol. The molecule has 0 radical (unpaired) electrons. The molecule has 0 spiro atoms. The molecule has 6 heteroatoms. The second-order valence-electron chi connectivity index (χ2n) is 4.40. The maximum absolute atomic E-state index is 10.8. The normalized spacial score (nSPS) is 19.9. The van der Waals surface area contributed by atoms with E-state index in [-0.39, 0.29) is 11.7 Å². The molecule has 1 aliphatic rings. The Morgan fingerprint density at radius 3 is 3.11 bits per heavy atom. The zero-order valence-corrected chi connectivity index (χ0v) is 10.0. The van der Waals surface area contributed by atoms with Gasteiger partial charge in [0.2, 0.25) is 0 Å². The number of nitrogens with zero attached hydrogens (tertiary/aromatic N) is 2. The number of carbonyl (C=O) groups is 1. The van der Waals surface area contributed by atoms with Gasteiger partial charge in [0.1, 0.15) is 5.82 Å². The molecule has 1 aromatic heterocycles. The highest BCUT2D eigenvalue weighted by Gasteiger charge is 2.19. The molecule has 6 nitrogen and oxygen atoms in total. The Morgan fingerprint density at radius 1 is 1.61 bits per heavy atom. The second kappa shape index (κ2) is 5.79. The number of aromatic nitrogens is 1. The third-order valence-electron chi connectivity index (χ3n) is 2.99. The minimum Gasteiger partial charge on any atom is -0.478 e. The number of hydrogen-bond donors (Lipinski definition) is 3. The summed E-state index contributed by atoms with van der Waals surface area (Å²) in [5.74, 6) is -0.391. The van der Waals surface area contributed by atoms with Gasteiger partial charge in [-0.25, -0.2) is 9.78 Å². The van der Waals surface area contributed by atoms with E-state index in [1.165, 1.54) is 18.3 Å². The maximum Gasteiger partial charge on any atom is 0.335 e. The minimum atomic E-state index is -0.955. The van der Waals surface area contributed by atoms with Crippen molar-refractivity contribution in [3.8, 4) is 0 Å². The minimum absolute atomic E-state index is 0.210. The number of carboxylic acids is 1. The Hall–Kier alpha value is -1.66. The molecule has 3 N–H and O–H groups in total. The quantitative estimate of drug-likeness (QED) is 0.696. The Kier molecular flexibility index (Phi) is 4.11. The molecule has 0 amide bonds. The van der Waals surface area contributed by atoms with Crippen LogP contribution in [0.3, 0.4) is 0 Å². The fraction of sp³-hybridized carbons (Fsp3) is 0.500. The number of aliphatic hydroxyl groups excluding tert-OH is 1. The number of hydrogen-bond acceptors (Lipinski definition) is 5. The van der Waals surface area contributed by atoms with Gasteiger partial charge in [0.25, 0.3) is 0 Å². The summed E-state index contributed by atoms with van der Waals surface area (Å²) < 4.78 is 0. The van der Waals surface area contributed by atoms with Crippen LogP contribution >= 0.6 is 0 Å². The lowest BCUT2D eigenvalue weighted by Crippen LogP contribution is -2.28. The number of rotatable bonds is 5. The lowest BCUT2D eigenvalue weighted by atomic mass is 10.2. The number of aromatic carboxylic acids is 1. The van der Waals surface area contributed by atoms with E-state index < -0.39 is 5.97 Å². The summed E-state index contributed by atoms with van der Waals surface area (Å²) in [7, 11) is 0. The van der Waals surface area contributed by atoms with Crippen LogP contribution in [0.25, 0.3) is 0 Å². The molecular weight excluding hydrogens is 234 g/mol. The molecule has 0 bridgehead atoms. The first-order valence-electron chi connectivity index (χ1n) is 5.99. The number of likely N-dealkylation sites (tertiary alicyclic amines) is 1. The smallest absolute Gasteiger partial charge is 0.335 e. The van der Waals surface area contributed by atoms with Crippen LogP contribution in [0.5, 0.6) is 0 Å². The van der Waals surface area contributed by atoms with Crippen LogP contribution in [0.4, 0.5) is 5.82 Å². The predicted molar refractivity (Wildman–Crippen MR) is 66.7 cm³/mol. The van der Waals surface area contributed by atoms with E-state index in [1.54, 1.807) is 0 Å². The van der Waals surface area contributed by atoms with Crippen molar-refractivity contribution in [3.05, 3.63) is 23.9 Å². The zero-order chi connectivity index (χ0) is 13.0. The molecule has 1 fully saturated rings. The molecule has 2 heterocycles. The molecule has 0 unspecified atom stereocenters. The van der Waals surface area contributed by atoms with Gasteiger partial charge in [0, 0.05) is 32.4 Å². The van der Waals surface area contributed by atoms with Gasteiger partial charge in [0.15, 0.2) is 0 Å². The third kappa shape index (κ3) is 3.41. The molecular formula is C12H17N3O3. The number of carboxylic acid groups (broad SMARTS) is 1. The van der Waals surface area contributed by atoms with E-state index in [0.717, 1.165) is 19.5 Å². The van der Waals surface area contributed by atoms with Gasteiger partial charge in [-0.05, 0) is 18.6 Å². The van der Waals surface area contributed by atoms with E-state index in [4.69, 9.17) is 5.11 Å². The van der Waals surface area contributed by atoms with E-state index in [2.05, 4.69) is 15.2 Å². The monoisotopic (exact) mass is 251 g/mol. The zero-order valence-electron chi connectivity index (χ0n) is 10.0. The molecule has 18 heavy (non-hydrogen) atoms. The Balaban J connectivity index is 1.79. The van der Waals surface area contributed by atoms with Crippen molar-refractivity contribution in [2.45, 2.75) is 12.5 Å². The average Bonchev–Trinajstić information content (AvgIpc) is 2.75. The van der Waals surface area contributed by atoms with Crippen molar-refractivity contribution in [2.75, 3.05) is 31.5 Å². The lowest BCUT2D eigenvalue weighted by Gasteiger charge is -2.15. The van der Waals surface area contributed by atoms with Crippen LogP contribution in [0.15, 0.2) is 18.3 Å². The van der Waals surface area contributed by atoms with Crippen LogP contribution in [0.2, 0.25) is 0 Å². The first-order valence-corrected chi connectivity index (χ1v) is 5.99.